The van der Waals surface area contributed by atoms with Gasteiger partial charge in [-0.3, -0.25) is 4.79 Å². The lowest BCUT2D eigenvalue weighted by atomic mass is 10.2. The van der Waals surface area contributed by atoms with Crippen molar-refractivity contribution in [2.45, 2.75) is 26.7 Å². The summed E-state index contributed by atoms with van der Waals surface area (Å²) in [5, 5.41) is 3.89. The molecule has 23 heavy (non-hydrogen) atoms. The smallest absolute Gasteiger partial charge is 0.267 e. The Hall–Kier alpha value is -1.60. The van der Waals surface area contributed by atoms with Crippen LogP contribution < -0.4 is 14.8 Å². The molecular formula is C16H17BrN2O3S. The molecule has 1 N–H and O–H groups in total. The van der Waals surface area contributed by atoms with Crippen LogP contribution in [0.5, 0.6) is 11.5 Å². The highest BCUT2D eigenvalue weighted by molar-refractivity contribution is 9.10. The summed E-state index contributed by atoms with van der Waals surface area (Å²) in [6.45, 7) is 7.03. The van der Waals surface area contributed by atoms with Crippen LogP contribution in [0, 0.1) is 6.92 Å². The predicted octanol–water partition coefficient (Wildman–Crippen LogP) is 4.36. The number of aromatic nitrogens is 1. The lowest BCUT2D eigenvalue weighted by Gasteiger charge is -2.20. The Morgan fingerprint density at radius 2 is 1.96 bits per heavy atom. The van der Waals surface area contributed by atoms with Crippen molar-refractivity contribution >= 4 is 38.9 Å². The molecule has 0 unspecified atom stereocenters. The Morgan fingerprint density at radius 3 is 2.57 bits per heavy atom. The van der Waals surface area contributed by atoms with Crippen molar-refractivity contribution in [2.24, 2.45) is 0 Å². The molecule has 0 radical (unpaired) electrons. The van der Waals surface area contributed by atoms with Crippen molar-refractivity contribution in [3.05, 3.63) is 32.2 Å². The molecule has 1 aromatic heterocycles. The van der Waals surface area contributed by atoms with Gasteiger partial charge in [0.2, 0.25) is 0 Å². The number of hydrogen-bond acceptors (Lipinski definition) is 5. The molecule has 0 spiro atoms. The number of benzene rings is 1. The Labute approximate surface area is 147 Å². The van der Waals surface area contributed by atoms with Gasteiger partial charge in [0.05, 0.1) is 16.4 Å². The number of halogens is 1. The maximum atomic E-state index is 12.6. The van der Waals surface area contributed by atoms with Gasteiger partial charge in [-0.2, -0.15) is 0 Å². The summed E-state index contributed by atoms with van der Waals surface area (Å²) in [7, 11) is 0. The van der Waals surface area contributed by atoms with E-state index in [1.807, 2.05) is 13.0 Å². The molecule has 7 heteroatoms. The van der Waals surface area contributed by atoms with Gasteiger partial charge in [-0.15, -0.1) is 11.3 Å². The molecule has 1 amide bonds. The van der Waals surface area contributed by atoms with Crippen molar-refractivity contribution in [1.82, 2.24) is 4.98 Å². The second-order valence-electron chi connectivity index (χ2n) is 5.55. The molecule has 1 aliphatic heterocycles. The summed E-state index contributed by atoms with van der Waals surface area (Å²) in [4.78, 5) is 17.7. The Morgan fingerprint density at radius 1 is 1.30 bits per heavy atom. The third-order valence-electron chi connectivity index (χ3n) is 3.39. The van der Waals surface area contributed by atoms with E-state index >= 15 is 0 Å². The highest BCUT2D eigenvalue weighted by atomic mass is 79.9. The average Bonchev–Trinajstić information content (AvgIpc) is 2.90. The maximum Gasteiger partial charge on any atom is 0.267 e. The molecule has 0 saturated carbocycles. The number of nitrogens with zero attached hydrogens (tertiary/aromatic N) is 1. The maximum absolute atomic E-state index is 12.6. The Kier molecular flexibility index (Phi) is 4.59. The van der Waals surface area contributed by atoms with E-state index in [4.69, 9.17) is 9.47 Å². The normalized spacial score (nSPS) is 13.3. The van der Waals surface area contributed by atoms with Gasteiger partial charge in [0.25, 0.3) is 5.91 Å². The molecule has 122 valence electrons. The second-order valence-corrected chi connectivity index (χ2v) is 7.44. The van der Waals surface area contributed by atoms with E-state index in [1.54, 1.807) is 6.07 Å². The molecule has 5 nitrogen and oxygen atoms in total. The molecule has 0 atom stereocenters. The lowest BCUT2D eigenvalue weighted by Crippen LogP contribution is -2.17. The number of hydrogen-bond donors (Lipinski definition) is 1. The van der Waals surface area contributed by atoms with E-state index in [1.165, 1.54) is 11.3 Å². The van der Waals surface area contributed by atoms with Crippen LogP contribution in [-0.2, 0) is 0 Å². The quantitative estimate of drug-likeness (QED) is 0.836. The van der Waals surface area contributed by atoms with E-state index in [2.05, 4.69) is 40.1 Å². The van der Waals surface area contributed by atoms with Crippen LogP contribution >= 0.6 is 27.3 Å². The number of nitrogens with one attached hydrogen (secondary N) is 1. The van der Waals surface area contributed by atoms with Crippen LogP contribution in [0.25, 0.3) is 0 Å². The molecule has 2 heterocycles. The van der Waals surface area contributed by atoms with Crippen LogP contribution in [0.2, 0.25) is 0 Å². The van der Waals surface area contributed by atoms with Gasteiger partial charge < -0.3 is 14.8 Å². The summed E-state index contributed by atoms with van der Waals surface area (Å²) >= 11 is 4.90. The van der Waals surface area contributed by atoms with Crippen LogP contribution in [0.3, 0.4) is 0 Å². The fourth-order valence-corrected chi connectivity index (χ4v) is 3.60. The molecular weight excluding hydrogens is 380 g/mol. The van der Waals surface area contributed by atoms with Gasteiger partial charge >= 0.3 is 0 Å². The zero-order chi connectivity index (χ0) is 16.6. The van der Waals surface area contributed by atoms with Crippen molar-refractivity contribution in [3.63, 3.8) is 0 Å². The summed E-state index contributed by atoms with van der Waals surface area (Å²) in [5.74, 6) is 1.46. The van der Waals surface area contributed by atoms with Gasteiger partial charge in [-0.25, -0.2) is 4.98 Å². The molecule has 1 aromatic carbocycles. The summed E-state index contributed by atoms with van der Waals surface area (Å²) < 4.78 is 11.8. The van der Waals surface area contributed by atoms with Crippen molar-refractivity contribution < 1.29 is 14.3 Å². The summed E-state index contributed by atoms with van der Waals surface area (Å²) in [5.41, 5.74) is 1.41. The van der Waals surface area contributed by atoms with Crippen molar-refractivity contribution in [2.75, 3.05) is 18.5 Å². The SMILES string of the molecule is Cc1nc(C(C)C)sc1C(=O)Nc1cc2c(cc1Br)OCCO2. The summed E-state index contributed by atoms with van der Waals surface area (Å²) in [6, 6.07) is 3.58. The first kappa shape index (κ1) is 16.3. The topological polar surface area (TPSA) is 60.5 Å². The number of thiazole rings is 1. The first-order valence-corrected chi connectivity index (χ1v) is 8.94. The van der Waals surface area contributed by atoms with Gasteiger partial charge in [-0.05, 0) is 22.9 Å². The van der Waals surface area contributed by atoms with E-state index in [0.29, 0.717) is 41.2 Å². The first-order valence-electron chi connectivity index (χ1n) is 7.33. The summed E-state index contributed by atoms with van der Waals surface area (Å²) in [6.07, 6.45) is 0. The number of carbonyl (C=O) groups excluding carboxylic acids is 1. The molecule has 0 fully saturated rings. The minimum atomic E-state index is -0.163. The fraction of sp³-hybridized carbons (Fsp3) is 0.375. The van der Waals surface area contributed by atoms with Crippen LogP contribution in [-0.4, -0.2) is 24.1 Å². The number of aryl methyl sites for hydroxylation is 1. The number of amides is 1. The van der Waals surface area contributed by atoms with E-state index in [0.717, 1.165) is 15.2 Å². The minimum Gasteiger partial charge on any atom is -0.486 e. The molecule has 0 saturated heterocycles. The zero-order valence-corrected chi connectivity index (χ0v) is 15.5. The number of carbonyl (C=O) groups is 1. The van der Waals surface area contributed by atoms with E-state index < -0.39 is 0 Å². The lowest BCUT2D eigenvalue weighted by molar-refractivity contribution is 0.102. The zero-order valence-electron chi connectivity index (χ0n) is 13.1. The third kappa shape index (κ3) is 3.35. The van der Waals surface area contributed by atoms with Crippen molar-refractivity contribution in [1.29, 1.82) is 0 Å². The number of ether oxygens (including phenoxy) is 2. The van der Waals surface area contributed by atoms with E-state index in [9.17, 15) is 4.79 Å². The minimum absolute atomic E-state index is 0.163. The molecule has 2 aromatic rings. The molecule has 0 bridgehead atoms. The van der Waals surface area contributed by atoms with Crippen LogP contribution in [0.15, 0.2) is 16.6 Å². The number of fused-ring (bicyclic) bond motifs is 1. The Bertz CT molecular complexity index is 758. The Balaban J connectivity index is 1.85. The second kappa shape index (κ2) is 6.49. The highest BCUT2D eigenvalue weighted by Crippen LogP contribution is 2.38. The van der Waals surface area contributed by atoms with Gasteiger partial charge in [0.1, 0.15) is 18.1 Å². The highest BCUT2D eigenvalue weighted by Gasteiger charge is 2.20. The van der Waals surface area contributed by atoms with E-state index in [-0.39, 0.29) is 5.91 Å². The van der Waals surface area contributed by atoms with Gasteiger partial charge in [0, 0.05) is 22.5 Å². The monoisotopic (exact) mass is 396 g/mol. The third-order valence-corrected chi connectivity index (χ3v) is 5.51. The molecule has 1 aliphatic rings. The van der Waals surface area contributed by atoms with Crippen LogP contribution in [0.1, 0.15) is 40.1 Å². The van der Waals surface area contributed by atoms with Gasteiger partial charge in [-0.1, -0.05) is 13.8 Å². The van der Waals surface area contributed by atoms with Crippen LogP contribution in [0.4, 0.5) is 5.69 Å². The standard InChI is InChI=1S/C16H17BrN2O3S/c1-8(2)16-18-9(3)14(23-16)15(20)19-11-7-13-12(6-10(11)17)21-4-5-22-13/h6-8H,4-5H2,1-3H3,(H,19,20). The largest absolute Gasteiger partial charge is 0.486 e. The first-order chi connectivity index (χ1) is 11.0. The van der Waals surface area contributed by atoms with Gasteiger partial charge in [0.15, 0.2) is 11.5 Å². The number of rotatable bonds is 3. The molecule has 3 rings (SSSR count). The van der Waals surface area contributed by atoms with Crippen molar-refractivity contribution in [3.8, 4) is 11.5 Å². The number of anilines is 1. The predicted molar refractivity (Wildman–Crippen MR) is 94.0 cm³/mol. The average molecular weight is 397 g/mol. The fourth-order valence-electron chi connectivity index (χ4n) is 2.21. The molecule has 0 aliphatic carbocycles.